The third-order valence-corrected chi connectivity index (χ3v) is 2.66. The molecule has 2 nitrogen and oxygen atoms in total. The molecule has 0 fully saturated rings. The standard InChI is InChI=1S/C10H10ClF3O2/c1-16-9(10(12,13)14)5-3-2-4-7(9)6-8(11)15/h2-5,7H,6H2,1H3/t7?,9-/m0/s1. The molecule has 1 aliphatic carbocycles. The van der Waals surface area contributed by atoms with Gasteiger partial charge < -0.3 is 4.74 Å². The van der Waals surface area contributed by atoms with Crippen molar-refractivity contribution in [3.63, 3.8) is 0 Å². The van der Waals surface area contributed by atoms with E-state index in [0.29, 0.717) is 0 Å². The predicted octanol–water partition coefficient (Wildman–Crippen LogP) is 2.83. The molecule has 0 bridgehead atoms. The summed E-state index contributed by atoms with van der Waals surface area (Å²) in [6, 6.07) is 0. The SMILES string of the molecule is CO[C@@]1(C(F)(F)F)C=CC=CC1CC(=O)Cl. The topological polar surface area (TPSA) is 26.3 Å². The summed E-state index contributed by atoms with van der Waals surface area (Å²) in [6.07, 6.45) is -0.162. The Morgan fingerprint density at radius 3 is 2.56 bits per heavy atom. The first-order valence-corrected chi connectivity index (χ1v) is 4.87. The highest BCUT2D eigenvalue weighted by Crippen LogP contribution is 2.44. The minimum Gasteiger partial charge on any atom is -0.364 e. The smallest absolute Gasteiger partial charge is 0.364 e. The zero-order chi connectivity index (χ0) is 12.4. The van der Waals surface area contributed by atoms with Crippen LogP contribution in [-0.4, -0.2) is 24.1 Å². The normalized spacial score (nSPS) is 29.4. The molecule has 16 heavy (non-hydrogen) atoms. The zero-order valence-electron chi connectivity index (χ0n) is 8.42. The number of methoxy groups -OCH3 is 1. The lowest BCUT2D eigenvalue weighted by atomic mass is 9.81. The van der Waals surface area contributed by atoms with Gasteiger partial charge >= 0.3 is 6.18 Å². The molecule has 0 aromatic rings. The van der Waals surface area contributed by atoms with E-state index in [-0.39, 0.29) is 0 Å². The van der Waals surface area contributed by atoms with Crippen LogP contribution >= 0.6 is 11.6 Å². The first kappa shape index (κ1) is 13.3. The predicted molar refractivity (Wildman–Crippen MR) is 53.0 cm³/mol. The average molecular weight is 255 g/mol. The van der Waals surface area contributed by atoms with E-state index in [1.165, 1.54) is 18.2 Å². The van der Waals surface area contributed by atoms with Crippen molar-refractivity contribution in [2.45, 2.75) is 18.2 Å². The molecule has 90 valence electrons. The Kier molecular flexibility index (Phi) is 3.80. The lowest BCUT2D eigenvalue weighted by molar-refractivity contribution is -0.262. The molecule has 0 saturated heterocycles. The highest BCUT2D eigenvalue weighted by Gasteiger charge is 2.58. The number of hydrogen-bond acceptors (Lipinski definition) is 2. The Bertz CT molecular complexity index is 335. The zero-order valence-corrected chi connectivity index (χ0v) is 9.18. The molecule has 1 rings (SSSR count). The number of halogens is 4. The molecule has 0 spiro atoms. The average Bonchev–Trinajstić information content (AvgIpc) is 2.16. The fraction of sp³-hybridized carbons (Fsp3) is 0.500. The molecule has 0 radical (unpaired) electrons. The van der Waals surface area contributed by atoms with Crippen LogP contribution in [0, 0.1) is 5.92 Å². The van der Waals surface area contributed by atoms with Gasteiger partial charge in [-0.2, -0.15) is 13.2 Å². The quantitative estimate of drug-likeness (QED) is 0.724. The molecule has 6 heteroatoms. The highest BCUT2D eigenvalue weighted by molar-refractivity contribution is 6.63. The van der Waals surface area contributed by atoms with Crippen LogP contribution in [0.4, 0.5) is 13.2 Å². The third-order valence-electron chi connectivity index (χ3n) is 2.51. The fourth-order valence-electron chi connectivity index (χ4n) is 1.70. The third kappa shape index (κ3) is 2.30. The molecule has 0 amide bonds. The van der Waals surface area contributed by atoms with E-state index >= 15 is 0 Å². The van der Waals surface area contributed by atoms with Gasteiger partial charge in [0.15, 0.2) is 5.60 Å². The molecule has 0 aromatic carbocycles. The first-order valence-electron chi connectivity index (χ1n) is 4.49. The Morgan fingerprint density at radius 2 is 2.12 bits per heavy atom. The number of rotatable bonds is 3. The van der Waals surface area contributed by atoms with E-state index in [2.05, 4.69) is 4.74 Å². The van der Waals surface area contributed by atoms with Gasteiger partial charge in [0, 0.05) is 19.4 Å². The molecule has 2 atom stereocenters. The molecule has 0 aliphatic heterocycles. The van der Waals surface area contributed by atoms with Crippen LogP contribution in [0.5, 0.6) is 0 Å². The Labute approximate surface area is 95.7 Å². The maximum absolute atomic E-state index is 12.9. The second-order valence-electron chi connectivity index (χ2n) is 3.40. The monoisotopic (exact) mass is 254 g/mol. The summed E-state index contributed by atoms with van der Waals surface area (Å²) in [6.45, 7) is 0. The van der Waals surface area contributed by atoms with Crippen molar-refractivity contribution in [2.75, 3.05) is 7.11 Å². The van der Waals surface area contributed by atoms with E-state index in [9.17, 15) is 18.0 Å². The van der Waals surface area contributed by atoms with E-state index in [0.717, 1.165) is 13.2 Å². The van der Waals surface area contributed by atoms with Crippen LogP contribution in [0.25, 0.3) is 0 Å². The van der Waals surface area contributed by atoms with Gasteiger partial charge in [0.05, 0.1) is 0 Å². The second-order valence-corrected chi connectivity index (χ2v) is 3.83. The van der Waals surface area contributed by atoms with E-state index < -0.39 is 29.4 Å². The van der Waals surface area contributed by atoms with Crippen LogP contribution in [0.3, 0.4) is 0 Å². The summed E-state index contributed by atoms with van der Waals surface area (Å²) in [7, 11) is 0.961. The number of ether oxygens (including phenoxy) is 1. The van der Waals surface area contributed by atoms with Gasteiger partial charge in [-0.1, -0.05) is 18.2 Å². The summed E-state index contributed by atoms with van der Waals surface area (Å²) in [5, 5.41) is -0.823. The lowest BCUT2D eigenvalue weighted by Gasteiger charge is -2.38. The van der Waals surface area contributed by atoms with Gasteiger partial charge in [-0.15, -0.1) is 0 Å². The van der Waals surface area contributed by atoms with Gasteiger partial charge in [-0.05, 0) is 17.7 Å². The van der Waals surface area contributed by atoms with Crippen molar-refractivity contribution in [1.82, 2.24) is 0 Å². The molecule has 0 N–H and O–H groups in total. The van der Waals surface area contributed by atoms with Crippen molar-refractivity contribution >= 4 is 16.8 Å². The molecular weight excluding hydrogens is 245 g/mol. The van der Waals surface area contributed by atoms with Crippen molar-refractivity contribution in [3.8, 4) is 0 Å². The maximum Gasteiger partial charge on any atom is 0.421 e. The first-order chi connectivity index (χ1) is 7.33. The molecule has 0 saturated carbocycles. The summed E-state index contributed by atoms with van der Waals surface area (Å²) >= 11 is 5.13. The van der Waals surface area contributed by atoms with Crippen LogP contribution < -0.4 is 0 Å². The Hall–Kier alpha value is -0.810. The van der Waals surface area contributed by atoms with Crippen molar-refractivity contribution in [1.29, 1.82) is 0 Å². The number of alkyl halides is 3. The van der Waals surface area contributed by atoms with Gasteiger partial charge in [-0.25, -0.2) is 0 Å². The number of carbonyl (C=O) groups is 1. The summed E-state index contributed by atoms with van der Waals surface area (Å²) in [4.78, 5) is 10.7. The second kappa shape index (κ2) is 4.59. The summed E-state index contributed by atoms with van der Waals surface area (Å²) < 4.78 is 43.4. The largest absolute Gasteiger partial charge is 0.421 e. The number of hydrogen-bond donors (Lipinski definition) is 0. The fourth-order valence-corrected chi connectivity index (χ4v) is 1.86. The highest BCUT2D eigenvalue weighted by atomic mass is 35.5. The van der Waals surface area contributed by atoms with Crippen LogP contribution in [-0.2, 0) is 9.53 Å². The van der Waals surface area contributed by atoms with E-state index in [1.807, 2.05) is 0 Å². The van der Waals surface area contributed by atoms with E-state index in [4.69, 9.17) is 11.6 Å². The summed E-state index contributed by atoms with van der Waals surface area (Å²) in [5.41, 5.74) is -2.47. The number of allylic oxidation sites excluding steroid dienone is 2. The minimum atomic E-state index is -4.60. The van der Waals surface area contributed by atoms with Crippen molar-refractivity contribution < 1.29 is 22.7 Å². The molecule has 1 aliphatic rings. The minimum absolute atomic E-state index is 0.421. The molecular formula is C10H10ClF3O2. The van der Waals surface area contributed by atoms with Gasteiger partial charge in [0.25, 0.3) is 0 Å². The number of carbonyl (C=O) groups excluding carboxylic acids is 1. The van der Waals surface area contributed by atoms with E-state index in [1.54, 1.807) is 0 Å². The lowest BCUT2D eigenvalue weighted by Crippen LogP contribution is -2.51. The molecule has 0 aromatic heterocycles. The van der Waals surface area contributed by atoms with Crippen molar-refractivity contribution in [2.24, 2.45) is 5.92 Å². The van der Waals surface area contributed by atoms with Gasteiger partial charge in [-0.3, -0.25) is 4.79 Å². The van der Waals surface area contributed by atoms with Crippen LogP contribution in [0.1, 0.15) is 6.42 Å². The Morgan fingerprint density at radius 1 is 1.50 bits per heavy atom. The van der Waals surface area contributed by atoms with Crippen molar-refractivity contribution in [3.05, 3.63) is 24.3 Å². The maximum atomic E-state index is 12.9. The van der Waals surface area contributed by atoms with Crippen LogP contribution in [0.15, 0.2) is 24.3 Å². The Balaban J connectivity index is 3.09. The van der Waals surface area contributed by atoms with Gasteiger partial charge in [0.2, 0.25) is 5.24 Å². The van der Waals surface area contributed by atoms with Gasteiger partial charge in [0.1, 0.15) is 0 Å². The molecule has 1 unspecified atom stereocenters. The van der Waals surface area contributed by atoms with Crippen LogP contribution in [0.2, 0.25) is 0 Å². The molecule has 0 heterocycles. The summed E-state index contributed by atoms with van der Waals surface area (Å²) in [5.74, 6) is -1.13.